The summed E-state index contributed by atoms with van der Waals surface area (Å²) in [6.07, 6.45) is 0. The number of hydrazone groups is 2. The molecular weight excluding hydrogens is 208 g/mol. The van der Waals surface area contributed by atoms with Gasteiger partial charge < -0.3 is 23.2 Å². The minimum Gasteiger partial charge on any atom is -0.380 e. The number of nitriles is 1. The van der Waals surface area contributed by atoms with Crippen molar-refractivity contribution in [1.29, 1.82) is 5.26 Å². The predicted octanol–water partition coefficient (Wildman–Crippen LogP) is -1.89. The summed E-state index contributed by atoms with van der Waals surface area (Å²) in [5.74, 6) is 9.99. The largest absolute Gasteiger partial charge is 0.380 e. The Labute approximate surface area is 91.2 Å². The van der Waals surface area contributed by atoms with Gasteiger partial charge in [0.15, 0.2) is 11.7 Å². The van der Waals surface area contributed by atoms with Crippen molar-refractivity contribution in [2.75, 3.05) is 0 Å². The molecule has 0 unspecified atom stereocenters. The number of nitrogens with zero attached hydrogens (tertiary/aromatic N) is 4. The number of amidine groups is 2. The Morgan fingerprint density at radius 3 is 1.88 bits per heavy atom. The van der Waals surface area contributed by atoms with Gasteiger partial charge in [-0.15, -0.1) is 0 Å². The number of hydrogen-bond donors (Lipinski definition) is 4. The Morgan fingerprint density at radius 1 is 1.12 bits per heavy atom. The van der Waals surface area contributed by atoms with Crippen molar-refractivity contribution in [2.24, 2.45) is 33.4 Å². The van der Waals surface area contributed by atoms with Gasteiger partial charge in [-0.2, -0.15) is 15.5 Å². The van der Waals surface area contributed by atoms with E-state index >= 15 is 0 Å². The van der Waals surface area contributed by atoms with Gasteiger partial charge in [-0.25, -0.2) is 4.98 Å². The molecule has 0 aliphatic carbocycles. The summed E-state index contributed by atoms with van der Waals surface area (Å²) < 4.78 is 0. The van der Waals surface area contributed by atoms with Gasteiger partial charge in [0.25, 0.3) is 0 Å². The summed E-state index contributed by atoms with van der Waals surface area (Å²) in [6, 6.07) is 4.78. The van der Waals surface area contributed by atoms with Gasteiger partial charge in [0.1, 0.15) is 11.4 Å². The lowest BCUT2D eigenvalue weighted by Gasteiger charge is -2.03. The van der Waals surface area contributed by atoms with Crippen molar-refractivity contribution < 1.29 is 0 Å². The Balaban J connectivity index is 3.39. The fraction of sp³-hybridized carbons (Fsp3) is 0. The van der Waals surface area contributed by atoms with E-state index in [1.165, 1.54) is 12.1 Å². The summed E-state index contributed by atoms with van der Waals surface area (Å²) in [5.41, 5.74) is 11.7. The van der Waals surface area contributed by atoms with E-state index in [-0.39, 0.29) is 23.1 Å². The average molecular weight is 218 g/mol. The molecule has 1 aromatic heterocycles. The molecular formula is C8H10N8. The molecule has 8 nitrogen and oxygen atoms in total. The highest BCUT2D eigenvalue weighted by atomic mass is 15.2. The maximum atomic E-state index is 8.79. The summed E-state index contributed by atoms with van der Waals surface area (Å²) >= 11 is 0. The monoisotopic (exact) mass is 218 g/mol. The first-order valence-electron chi connectivity index (χ1n) is 4.12. The normalized spacial score (nSPS) is 12.2. The Hall–Kier alpha value is -2.82. The smallest absolute Gasteiger partial charge is 0.169 e. The van der Waals surface area contributed by atoms with E-state index in [1.807, 2.05) is 6.07 Å². The van der Waals surface area contributed by atoms with E-state index in [1.54, 1.807) is 0 Å². The molecule has 0 aliphatic rings. The molecule has 0 fully saturated rings. The highest BCUT2D eigenvalue weighted by molar-refractivity contribution is 5.99. The van der Waals surface area contributed by atoms with Crippen LogP contribution in [0.4, 0.5) is 0 Å². The van der Waals surface area contributed by atoms with Crippen LogP contribution in [-0.2, 0) is 0 Å². The second-order valence-corrected chi connectivity index (χ2v) is 2.77. The molecule has 0 atom stereocenters. The van der Waals surface area contributed by atoms with E-state index in [0.717, 1.165) is 0 Å². The minimum atomic E-state index is -0.0110. The first-order valence-corrected chi connectivity index (χ1v) is 4.12. The van der Waals surface area contributed by atoms with Crippen molar-refractivity contribution in [3.63, 3.8) is 0 Å². The summed E-state index contributed by atoms with van der Waals surface area (Å²) in [5, 5.41) is 15.3. The number of hydrogen-bond acceptors (Lipinski definition) is 6. The highest BCUT2D eigenvalue weighted by Crippen LogP contribution is 2.05. The molecule has 0 aromatic carbocycles. The zero-order valence-electron chi connectivity index (χ0n) is 8.25. The van der Waals surface area contributed by atoms with Gasteiger partial charge >= 0.3 is 0 Å². The lowest BCUT2D eigenvalue weighted by atomic mass is 10.2. The Bertz CT molecular complexity index is 459. The van der Waals surface area contributed by atoms with Crippen LogP contribution in [0.15, 0.2) is 22.3 Å². The molecule has 8 N–H and O–H groups in total. The molecule has 1 heterocycles. The van der Waals surface area contributed by atoms with Gasteiger partial charge in [0, 0.05) is 0 Å². The molecule has 0 amide bonds. The quantitative estimate of drug-likeness (QED) is 0.196. The standard InChI is InChI=1S/C8H10N8/c9-3-4-1-5(7(10)15-12)14-6(2-4)8(11)16-13/h1-2H,12-13H2,(H2,10,15)(H2,11,16). The molecule has 0 saturated heterocycles. The van der Waals surface area contributed by atoms with E-state index in [0.29, 0.717) is 5.56 Å². The second kappa shape index (κ2) is 4.61. The molecule has 0 spiro atoms. The van der Waals surface area contributed by atoms with Crippen LogP contribution in [0.5, 0.6) is 0 Å². The molecule has 0 saturated carbocycles. The molecule has 1 rings (SSSR count). The van der Waals surface area contributed by atoms with Gasteiger partial charge in [0.05, 0.1) is 11.6 Å². The topological polar surface area (TPSA) is 165 Å². The molecule has 8 heteroatoms. The third kappa shape index (κ3) is 2.16. The van der Waals surface area contributed by atoms with Gasteiger partial charge in [-0.1, -0.05) is 0 Å². The minimum absolute atomic E-state index is 0.0110. The molecule has 1 aromatic rings. The highest BCUT2D eigenvalue weighted by Gasteiger charge is 2.08. The second-order valence-electron chi connectivity index (χ2n) is 2.77. The lowest BCUT2D eigenvalue weighted by Crippen LogP contribution is -2.22. The molecule has 82 valence electrons. The number of aromatic nitrogens is 1. The zero-order chi connectivity index (χ0) is 12.1. The van der Waals surface area contributed by atoms with Crippen LogP contribution < -0.4 is 23.2 Å². The predicted molar refractivity (Wildman–Crippen MR) is 58.8 cm³/mol. The van der Waals surface area contributed by atoms with E-state index in [9.17, 15) is 0 Å². The van der Waals surface area contributed by atoms with Crippen LogP contribution >= 0.6 is 0 Å². The zero-order valence-corrected chi connectivity index (χ0v) is 8.25. The lowest BCUT2D eigenvalue weighted by molar-refractivity contribution is 1.16. The van der Waals surface area contributed by atoms with Crippen molar-refractivity contribution in [2.45, 2.75) is 0 Å². The molecule has 0 radical (unpaired) electrons. The van der Waals surface area contributed by atoms with Crippen LogP contribution in [0.3, 0.4) is 0 Å². The first kappa shape index (κ1) is 11.3. The summed E-state index contributed by atoms with van der Waals surface area (Å²) in [6.45, 7) is 0. The average Bonchev–Trinajstić information content (AvgIpc) is 2.35. The fourth-order valence-corrected chi connectivity index (χ4v) is 0.990. The van der Waals surface area contributed by atoms with Crippen molar-refractivity contribution >= 4 is 11.7 Å². The van der Waals surface area contributed by atoms with Crippen molar-refractivity contribution in [3.8, 4) is 6.07 Å². The maximum Gasteiger partial charge on any atom is 0.169 e. The maximum absolute atomic E-state index is 8.79. The van der Waals surface area contributed by atoms with Gasteiger partial charge in [0.2, 0.25) is 0 Å². The van der Waals surface area contributed by atoms with Crippen LogP contribution in [0, 0.1) is 11.3 Å². The molecule has 16 heavy (non-hydrogen) atoms. The van der Waals surface area contributed by atoms with Crippen LogP contribution in [0.25, 0.3) is 0 Å². The van der Waals surface area contributed by atoms with Crippen molar-refractivity contribution in [3.05, 3.63) is 29.1 Å². The molecule has 0 bridgehead atoms. The van der Waals surface area contributed by atoms with Crippen molar-refractivity contribution in [1.82, 2.24) is 4.98 Å². The Morgan fingerprint density at radius 2 is 1.56 bits per heavy atom. The number of pyridine rings is 1. The molecule has 0 aliphatic heterocycles. The van der Waals surface area contributed by atoms with E-state index in [2.05, 4.69) is 15.2 Å². The Kier molecular flexibility index (Phi) is 3.24. The summed E-state index contributed by atoms with van der Waals surface area (Å²) in [7, 11) is 0. The fourth-order valence-electron chi connectivity index (χ4n) is 0.990. The van der Waals surface area contributed by atoms with E-state index < -0.39 is 0 Å². The van der Waals surface area contributed by atoms with Crippen LogP contribution in [0.2, 0.25) is 0 Å². The summed E-state index contributed by atoms with van der Waals surface area (Å²) in [4.78, 5) is 4.00. The van der Waals surface area contributed by atoms with Gasteiger partial charge in [-0.3, -0.25) is 0 Å². The SMILES string of the molecule is N#Cc1cc(/C(N)=N/N)nc(/C(N)=N/N)c1. The van der Waals surface area contributed by atoms with Crippen LogP contribution in [0.1, 0.15) is 17.0 Å². The third-order valence-electron chi connectivity index (χ3n) is 1.76. The first-order chi connectivity index (χ1) is 7.62. The van der Waals surface area contributed by atoms with Gasteiger partial charge in [-0.05, 0) is 12.1 Å². The number of nitrogens with two attached hydrogens (primary N) is 4. The van der Waals surface area contributed by atoms with E-state index in [4.69, 9.17) is 28.4 Å². The van der Waals surface area contributed by atoms with Crippen LogP contribution in [-0.4, -0.2) is 16.7 Å². The number of rotatable bonds is 2. The third-order valence-corrected chi connectivity index (χ3v) is 1.76.